The summed E-state index contributed by atoms with van der Waals surface area (Å²) in [6, 6.07) is 1.48. The number of hydrogen-bond acceptors (Lipinski definition) is 1. The molecule has 0 unspecified atom stereocenters. The van der Waals surface area contributed by atoms with Crippen LogP contribution in [-0.4, -0.2) is 32.5 Å². The van der Waals surface area contributed by atoms with Crippen LogP contribution in [0.4, 0.5) is 0 Å². The molecule has 1 saturated heterocycles. The number of nitrogens with zero attached hydrogens (tertiary/aromatic N) is 1. The summed E-state index contributed by atoms with van der Waals surface area (Å²) in [7, 11) is 0.405. The van der Waals surface area contributed by atoms with Gasteiger partial charge in [-0.3, -0.25) is 0 Å². The minimum absolute atomic E-state index is 0.478. The Morgan fingerprint density at radius 1 is 1.08 bits per heavy atom. The molecule has 12 heavy (non-hydrogen) atoms. The predicted molar refractivity (Wildman–Crippen MR) is 61.6 cm³/mol. The second-order valence-corrected chi connectivity index (χ2v) is 21.6. The lowest BCUT2D eigenvalue weighted by molar-refractivity contribution is 0.303. The summed E-state index contributed by atoms with van der Waals surface area (Å²) >= 11 is 0. The van der Waals surface area contributed by atoms with Crippen molar-refractivity contribution < 1.29 is 0 Å². The first-order valence-corrected chi connectivity index (χ1v) is 12.0. The van der Waals surface area contributed by atoms with Gasteiger partial charge in [-0.1, -0.05) is 26.2 Å². The van der Waals surface area contributed by atoms with Crippen LogP contribution in [-0.2, 0) is 0 Å². The lowest BCUT2D eigenvalue weighted by Crippen LogP contribution is -2.59. The van der Waals surface area contributed by atoms with Crippen molar-refractivity contribution in [1.82, 2.24) is 4.57 Å². The van der Waals surface area contributed by atoms with Crippen LogP contribution in [0, 0.1) is 0 Å². The Hall–Kier alpha value is 0.394. The summed E-state index contributed by atoms with van der Waals surface area (Å²) in [4.78, 5) is 0. The smallest absolute Gasteiger partial charge is 0.112 e. The van der Waals surface area contributed by atoms with Crippen molar-refractivity contribution in [3.05, 3.63) is 0 Å². The molecule has 1 rings (SSSR count). The zero-order chi connectivity index (χ0) is 9.78. The summed E-state index contributed by atoms with van der Waals surface area (Å²) in [5.41, 5.74) is 0.478. The molecule has 0 aromatic rings. The molecule has 1 aliphatic rings. The zero-order valence-corrected chi connectivity index (χ0v) is 11.7. The quantitative estimate of drug-likeness (QED) is 0.545. The molecule has 0 N–H and O–H groups in total. The van der Waals surface area contributed by atoms with Crippen LogP contribution in [0.5, 0.6) is 0 Å². The third-order valence-electron chi connectivity index (χ3n) is 4.28. The van der Waals surface area contributed by atoms with Crippen LogP contribution >= 0.6 is 0 Å². The van der Waals surface area contributed by atoms with E-state index in [4.69, 9.17) is 0 Å². The second kappa shape index (κ2) is 2.45. The molecule has 1 nitrogen and oxygen atoms in total. The Morgan fingerprint density at radius 2 is 1.50 bits per heavy atom. The first kappa shape index (κ1) is 10.5. The van der Waals surface area contributed by atoms with Crippen LogP contribution in [0.25, 0.3) is 0 Å². The van der Waals surface area contributed by atoms with Gasteiger partial charge in [-0.25, -0.2) is 0 Å². The van der Waals surface area contributed by atoms with E-state index in [1.54, 1.807) is 0 Å². The zero-order valence-electron chi connectivity index (χ0n) is 9.65. The van der Waals surface area contributed by atoms with Crippen molar-refractivity contribution in [2.45, 2.75) is 51.6 Å². The Morgan fingerprint density at radius 3 is 1.58 bits per heavy atom. The molecule has 0 aromatic carbocycles. The molecule has 1 aliphatic heterocycles. The van der Waals surface area contributed by atoms with E-state index in [1.807, 2.05) is 0 Å². The molecular formula is C9H23NSi2. The Balaban J connectivity index is 3.05. The molecule has 0 spiro atoms. The average Bonchev–Trinajstić information content (AvgIpc) is 1.90. The third-order valence-corrected chi connectivity index (χ3v) is 23.1. The van der Waals surface area contributed by atoms with Gasteiger partial charge in [-0.2, -0.15) is 0 Å². The maximum absolute atomic E-state index is 2.71. The van der Waals surface area contributed by atoms with E-state index in [2.05, 4.69) is 51.6 Å². The SMILES string of the molecule is CN1C(C)(C)C[Si](C)(C)[Si]1(C)C. The van der Waals surface area contributed by atoms with Crippen molar-refractivity contribution >= 4 is 15.3 Å². The van der Waals surface area contributed by atoms with Crippen molar-refractivity contribution in [3.8, 4) is 0 Å². The van der Waals surface area contributed by atoms with Crippen molar-refractivity contribution in [2.24, 2.45) is 0 Å². The van der Waals surface area contributed by atoms with E-state index < -0.39 is 15.3 Å². The molecule has 3 heteroatoms. The lowest BCUT2D eigenvalue weighted by Gasteiger charge is -2.39. The van der Waals surface area contributed by atoms with Gasteiger partial charge in [0, 0.05) is 5.54 Å². The lowest BCUT2D eigenvalue weighted by atomic mass is 10.1. The van der Waals surface area contributed by atoms with E-state index in [0.717, 1.165) is 0 Å². The van der Waals surface area contributed by atoms with Crippen LogP contribution < -0.4 is 0 Å². The second-order valence-electron chi connectivity index (χ2n) is 5.99. The molecule has 0 amide bonds. The Bertz CT molecular complexity index is 197. The molecule has 0 radical (unpaired) electrons. The van der Waals surface area contributed by atoms with Gasteiger partial charge in [-0.05, 0) is 26.9 Å². The van der Waals surface area contributed by atoms with Crippen LogP contribution in [0.1, 0.15) is 13.8 Å². The van der Waals surface area contributed by atoms with Crippen molar-refractivity contribution in [2.75, 3.05) is 7.05 Å². The van der Waals surface area contributed by atoms with Gasteiger partial charge in [0.2, 0.25) is 0 Å². The molecular weight excluding hydrogens is 178 g/mol. The van der Waals surface area contributed by atoms with Crippen LogP contribution in [0.15, 0.2) is 0 Å². The molecule has 72 valence electrons. The highest BCUT2D eigenvalue weighted by molar-refractivity contribution is 7.40. The standard InChI is InChI=1S/C9H23NSi2/c1-9(2)8-11(4,5)12(6,7)10(9)3/h8H2,1-7H3. The highest BCUT2D eigenvalue weighted by Gasteiger charge is 2.56. The van der Waals surface area contributed by atoms with Gasteiger partial charge >= 0.3 is 0 Å². The summed E-state index contributed by atoms with van der Waals surface area (Å²) in [6.45, 7) is 15.1. The van der Waals surface area contributed by atoms with Gasteiger partial charge in [0.25, 0.3) is 0 Å². The van der Waals surface area contributed by atoms with Gasteiger partial charge in [0.1, 0.15) is 7.75 Å². The van der Waals surface area contributed by atoms with Gasteiger partial charge in [0.15, 0.2) is 0 Å². The summed E-state index contributed by atoms with van der Waals surface area (Å²) in [5, 5.41) is 0. The van der Waals surface area contributed by atoms with Crippen LogP contribution in [0.2, 0.25) is 32.2 Å². The van der Waals surface area contributed by atoms with E-state index in [9.17, 15) is 0 Å². The highest BCUT2D eigenvalue weighted by atomic mass is 29.3. The van der Waals surface area contributed by atoms with Crippen molar-refractivity contribution in [1.29, 1.82) is 0 Å². The maximum atomic E-state index is 2.71. The average molecular weight is 201 g/mol. The highest BCUT2D eigenvalue weighted by Crippen LogP contribution is 2.42. The molecule has 0 aliphatic carbocycles. The summed E-state index contributed by atoms with van der Waals surface area (Å²) in [6.07, 6.45) is 0. The van der Waals surface area contributed by atoms with E-state index in [-0.39, 0.29) is 0 Å². The summed E-state index contributed by atoms with van der Waals surface area (Å²) < 4.78 is 2.71. The number of rotatable bonds is 0. The first-order valence-electron chi connectivity index (χ1n) is 4.85. The Labute approximate surface area is 79.0 Å². The maximum Gasteiger partial charge on any atom is 0.112 e. The van der Waals surface area contributed by atoms with Gasteiger partial charge in [0.05, 0.1) is 7.59 Å². The Kier molecular flexibility index (Phi) is 2.14. The monoisotopic (exact) mass is 201 g/mol. The molecule has 0 bridgehead atoms. The molecule has 0 saturated carbocycles. The topological polar surface area (TPSA) is 3.24 Å². The molecule has 1 heterocycles. The fraction of sp³-hybridized carbons (Fsp3) is 1.00. The van der Waals surface area contributed by atoms with E-state index in [0.29, 0.717) is 5.54 Å². The molecule has 0 aromatic heterocycles. The largest absolute Gasteiger partial charge is 0.324 e. The molecule has 0 atom stereocenters. The summed E-state index contributed by atoms with van der Waals surface area (Å²) in [5.74, 6) is 0. The van der Waals surface area contributed by atoms with Gasteiger partial charge in [-0.15, -0.1) is 0 Å². The van der Waals surface area contributed by atoms with E-state index in [1.165, 1.54) is 6.04 Å². The minimum Gasteiger partial charge on any atom is -0.324 e. The van der Waals surface area contributed by atoms with E-state index >= 15 is 0 Å². The first-order chi connectivity index (χ1) is 5.11. The molecule has 1 fully saturated rings. The predicted octanol–water partition coefficient (Wildman–Crippen LogP) is 2.70. The normalized spacial score (nSPS) is 32.2. The minimum atomic E-state index is -1.03. The number of hydrogen-bond donors (Lipinski definition) is 0. The van der Waals surface area contributed by atoms with Crippen molar-refractivity contribution in [3.63, 3.8) is 0 Å². The van der Waals surface area contributed by atoms with Crippen LogP contribution in [0.3, 0.4) is 0 Å². The van der Waals surface area contributed by atoms with Gasteiger partial charge < -0.3 is 4.57 Å². The third kappa shape index (κ3) is 1.22. The fourth-order valence-corrected chi connectivity index (χ4v) is 14.3. The fourth-order valence-electron chi connectivity index (χ4n) is 2.63.